The van der Waals surface area contributed by atoms with Crippen molar-refractivity contribution in [2.75, 3.05) is 11.4 Å². The zero-order chi connectivity index (χ0) is 19.4. The third-order valence-corrected chi connectivity index (χ3v) is 5.90. The maximum absolute atomic E-state index is 12.9. The number of rotatable bonds is 7. The van der Waals surface area contributed by atoms with Gasteiger partial charge >= 0.3 is 0 Å². The molecule has 7 nitrogen and oxygen atoms in total. The smallest absolute Gasteiger partial charge is 0.226 e. The van der Waals surface area contributed by atoms with Crippen LogP contribution in [0.5, 0.6) is 0 Å². The van der Waals surface area contributed by atoms with Gasteiger partial charge in [-0.15, -0.1) is 0 Å². The number of aromatic nitrogens is 4. The van der Waals surface area contributed by atoms with Crippen molar-refractivity contribution in [3.05, 3.63) is 31.1 Å². The molecular formula is C20H30N6O. The zero-order valence-corrected chi connectivity index (χ0v) is 16.7. The van der Waals surface area contributed by atoms with Gasteiger partial charge in [0.15, 0.2) is 0 Å². The Morgan fingerprint density at radius 2 is 2.11 bits per heavy atom. The maximum atomic E-state index is 12.9. The van der Waals surface area contributed by atoms with Crippen LogP contribution < -0.4 is 10.2 Å². The quantitative estimate of drug-likeness (QED) is 0.811. The fourth-order valence-electron chi connectivity index (χ4n) is 3.83. The van der Waals surface area contributed by atoms with Gasteiger partial charge in [-0.25, -0.2) is 15.0 Å². The van der Waals surface area contributed by atoms with Crippen molar-refractivity contribution in [3.63, 3.8) is 0 Å². The first-order valence-electron chi connectivity index (χ1n) is 9.86. The average Bonchev–Trinajstić information content (AvgIpc) is 3.33. The SMILES string of the molecule is CCCC(C)(CC)C(=O)N[C@H]1CCN(c2cc(-n3ccnc3)ncn2)[C@@H]1C. The van der Waals surface area contributed by atoms with Crippen molar-refractivity contribution in [1.82, 2.24) is 24.8 Å². The number of hydrogen-bond acceptors (Lipinski definition) is 5. The van der Waals surface area contributed by atoms with E-state index in [2.05, 4.69) is 52.9 Å². The Balaban J connectivity index is 1.71. The van der Waals surface area contributed by atoms with Crippen LogP contribution in [0.1, 0.15) is 53.4 Å². The van der Waals surface area contributed by atoms with Gasteiger partial charge in [-0.05, 0) is 26.2 Å². The monoisotopic (exact) mass is 370 g/mol. The zero-order valence-electron chi connectivity index (χ0n) is 16.7. The van der Waals surface area contributed by atoms with Crippen LogP contribution in [-0.4, -0.2) is 44.1 Å². The van der Waals surface area contributed by atoms with Gasteiger partial charge in [0.1, 0.15) is 24.3 Å². The van der Waals surface area contributed by atoms with Gasteiger partial charge in [-0.2, -0.15) is 0 Å². The molecule has 146 valence electrons. The van der Waals surface area contributed by atoms with E-state index in [1.807, 2.05) is 16.8 Å². The molecule has 7 heteroatoms. The van der Waals surface area contributed by atoms with Gasteiger partial charge in [0.25, 0.3) is 0 Å². The minimum atomic E-state index is -0.286. The Bertz CT molecular complexity index is 762. The minimum absolute atomic E-state index is 0.131. The van der Waals surface area contributed by atoms with E-state index in [1.165, 1.54) is 0 Å². The summed E-state index contributed by atoms with van der Waals surface area (Å²) in [4.78, 5) is 28.0. The van der Waals surface area contributed by atoms with E-state index in [0.29, 0.717) is 0 Å². The number of amides is 1. The lowest BCUT2D eigenvalue weighted by Gasteiger charge is -2.31. The molecule has 1 aliphatic heterocycles. The molecule has 3 heterocycles. The van der Waals surface area contributed by atoms with Crippen molar-refractivity contribution in [2.24, 2.45) is 5.41 Å². The van der Waals surface area contributed by atoms with Gasteiger partial charge in [-0.1, -0.05) is 27.2 Å². The molecule has 3 atom stereocenters. The van der Waals surface area contributed by atoms with Crippen molar-refractivity contribution < 1.29 is 4.79 Å². The molecule has 0 bridgehead atoms. The maximum Gasteiger partial charge on any atom is 0.226 e. The van der Waals surface area contributed by atoms with Gasteiger partial charge in [0, 0.05) is 36.5 Å². The molecular weight excluding hydrogens is 340 g/mol. The lowest BCUT2D eigenvalue weighted by atomic mass is 9.81. The van der Waals surface area contributed by atoms with Crippen LogP contribution >= 0.6 is 0 Å². The molecule has 0 aromatic carbocycles. The van der Waals surface area contributed by atoms with Crippen LogP contribution in [0.15, 0.2) is 31.1 Å². The Hall–Kier alpha value is -2.44. The molecule has 1 unspecified atom stereocenters. The van der Waals surface area contributed by atoms with Crippen LogP contribution in [0.3, 0.4) is 0 Å². The molecule has 1 N–H and O–H groups in total. The van der Waals surface area contributed by atoms with Crippen molar-refractivity contribution in [3.8, 4) is 5.82 Å². The fourth-order valence-corrected chi connectivity index (χ4v) is 3.83. The Morgan fingerprint density at radius 1 is 1.33 bits per heavy atom. The largest absolute Gasteiger partial charge is 0.352 e. The summed E-state index contributed by atoms with van der Waals surface area (Å²) < 4.78 is 1.86. The number of carbonyl (C=O) groups is 1. The Morgan fingerprint density at radius 3 is 2.78 bits per heavy atom. The molecule has 2 aromatic heterocycles. The summed E-state index contributed by atoms with van der Waals surface area (Å²) in [5.74, 6) is 1.84. The predicted octanol–water partition coefficient (Wildman–Crippen LogP) is 2.96. The first kappa shape index (κ1) is 19.3. The van der Waals surface area contributed by atoms with Crippen LogP contribution in [-0.2, 0) is 4.79 Å². The van der Waals surface area contributed by atoms with E-state index in [9.17, 15) is 4.79 Å². The van der Waals surface area contributed by atoms with E-state index in [-0.39, 0.29) is 23.4 Å². The van der Waals surface area contributed by atoms with Gasteiger partial charge in [-0.3, -0.25) is 9.36 Å². The number of hydrogen-bond donors (Lipinski definition) is 1. The van der Waals surface area contributed by atoms with Crippen LogP contribution in [0.4, 0.5) is 5.82 Å². The second kappa shape index (κ2) is 8.06. The molecule has 3 rings (SSSR count). The molecule has 1 amide bonds. The van der Waals surface area contributed by atoms with Crippen LogP contribution in [0, 0.1) is 5.41 Å². The Kier molecular flexibility index (Phi) is 5.77. The van der Waals surface area contributed by atoms with Gasteiger partial charge < -0.3 is 10.2 Å². The van der Waals surface area contributed by atoms with Crippen LogP contribution in [0.25, 0.3) is 5.82 Å². The number of anilines is 1. The lowest BCUT2D eigenvalue weighted by molar-refractivity contribution is -0.131. The number of nitrogens with zero attached hydrogens (tertiary/aromatic N) is 5. The second-order valence-electron chi connectivity index (χ2n) is 7.67. The molecule has 0 spiro atoms. The third kappa shape index (κ3) is 3.96. The predicted molar refractivity (Wildman–Crippen MR) is 106 cm³/mol. The summed E-state index contributed by atoms with van der Waals surface area (Å²) >= 11 is 0. The first-order valence-corrected chi connectivity index (χ1v) is 9.86. The molecule has 0 aliphatic carbocycles. The average molecular weight is 371 g/mol. The van der Waals surface area contributed by atoms with Crippen LogP contribution in [0.2, 0.25) is 0 Å². The molecule has 0 saturated carbocycles. The molecule has 0 radical (unpaired) electrons. The number of carbonyl (C=O) groups excluding carboxylic acids is 1. The Labute approximate surface area is 161 Å². The highest BCUT2D eigenvalue weighted by Crippen LogP contribution is 2.30. The lowest BCUT2D eigenvalue weighted by Crippen LogP contribution is -2.48. The van der Waals surface area contributed by atoms with Gasteiger partial charge in [0.2, 0.25) is 5.91 Å². The molecule has 1 fully saturated rings. The number of imidazole rings is 1. The summed E-state index contributed by atoms with van der Waals surface area (Å²) in [7, 11) is 0. The van der Waals surface area contributed by atoms with Crippen molar-refractivity contribution >= 4 is 11.7 Å². The molecule has 27 heavy (non-hydrogen) atoms. The molecule has 1 saturated heterocycles. The topological polar surface area (TPSA) is 75.9 Å². The second-order valence-corrected chi connectivity index (χ2v) is 7.67. The van der Waals surface area contributed by atoms with Crippen molar-refractivity contribution in [2.45, 2.75) is 65.5 Å². The standard InChI is InChI=1S/C20H30N6O/c1-5-8-20(4,6-2)19(27)24-16-7-10-26(15(16)3)18-12-17(22-13-23-18)25-11-9-21-14-25/h9,11-16H,5-8,10H2,1-4H3,(H,24,27)/t15-,16+,20?/m1/s1. The van der Waals surface area contributed by atoms with E-state index in [4.69, 9.17) is 0 Å². The highest BCUT2D eigenvalue weighted by atomic mass is 16.2. The minimum Gasteiger partial charge on any atom is -0.352 e. The third-order valence-electron chi connectivity index (χ3n) is 5.90. The van der Waals surface area contributed by atoms with Gasteiger partial charge in [0.05, 0.1) is 6.04 Å². The first-order chi connectivity index (χ1) is 13.0. The summed E-state index contributed by atoms with van der Waals surface area (Å²) in [5.41, 5.74) is -0.286. The molecule has 2 aromatic rings. The molecule has 1 aliphatic rings. The summed E-state index contributed by atoms with van der Waals surface area (Å²) in [6.45, 7) is 9.32. The summed E-state index contributed by atoms with van der Waals surface area (Å²) in [6.07, 6.45) is 10.6. The van der Waals surface area contributed by atoms with E-state index < -0.39 is 0 Å². The van der Waals surface area contributed by atoms with E-state index in [0.717, 1.165) is 43.9 Å². The summed E-state index contributed by atoms with van der Waals surface area (Å²) in [6, 6.07) is 2.28. The highest BCUT2D eigenvalue weighted by Gasteiger charge is 2.37. The summed E-state index contributed by atoms with van der Waals surface area (Å²) in [5, 5.41) is 3.31. The fraction of sp³-hybridized carbons (Fsp3) is 0.600. The number of nitrogens with one attached hydrogen (secondary N) is 1. The van der Waals surface area contributed by atoms with Crippen molar-refractivity contribution in [1.29, 1.82) is 0 Å². The normalized spacial score (nSPS) is 21.9. The highest BCUT2D eigenvalue weighted by molar-refractivity contribution is 5.82. The van der Waals surface area contributed by atoms with E-state index >= 15 is 0 Å². The van der Waals surface area contributed by atoms with E-state index in [1.54, 1.807) is 18.9 Å².